The topological polar surface area (TPSA) is 45.1 Å². The number of rotatable bonds is 5. The Morgan fingerprint density at radius 2 is 1.82 bits per heavy atom. The van der Waals surface area contributed by atoms with Crippen LogP contribution in [-0.2, 0) is 22.4 Å². The normalized spacial score (nSPS) is 24.7. The smallest absolute Gasteiger partial charge is 0.300 e. The second-order valence-corrected chi connectivity index (χ2v) is 10.4. The van der Waals surface area contributed by atoms with Crippen molar-refractivity contribution in [1.82, 2.24) is 4.90 Å². The van der Waals surface area contributed by atoms with E-state index in [4.69, 9.17) is 9.73 Å². The second kappa shape index (κ2) is 9.90. The van der Waals surface area contributed by atoms with Crippen LogP contribution in [-0.4, -0.2) is 42.5 Å². The molecule has 2 saturated carbocycles. The Hall–Kier alpha value is -2.30. The van der Waals surface area contributed by atoms with Gasteiger partial charge in [-0.15, -0.1) is 0 Å². The molecule has 1 aromatic carbocycles. The Balaban J connectivity index is 1.48. The molecule has 0 atom stereocenters. The minimum atomic E-state index is 0.00512. The summed E-state index contributed by atoms with van der Waals surface area (Å²) < 4.78 is 6.25. The molecule has 0 spiro atoms. The second-order valence-electron chi connectivity index (χ2n) is 10.4. The fourth-order valence-electron chi connectivity index (χ4n) is 6.21. The molecule has 0 bridgehead atoms. The zero-order valence-corrected chi connectivity index (χ0v) is 20.4. The SMILES string of the molecule is CCCc1cc(/C=C2/O/C(=N/C3CCCC3)N(C3CCCCC3)C2=O)cc2c1N(C)CCC2. The van der Waals surface area contributed by atoms with Crippen molar-refractivity contribution < 1.29 is 9.53 Å². The maximum atomic E-state index is 13.6. The Morgan fingerprint density at radius 3 is 2.58 bits per heavy atom. The van der Waals surface area contributed by atoms with Gasteiger partial charge >= 0.3 is 6.02 Å². The van der Waals surface area contributed by atoms with E-state index in [9.17, 15) is 4.79 Å². The minimum Gasteiger partial charge on any atom is -0.420 e. The van der Waals surface area contributed by atoms with Gasteiger partial charge in [0, 0.05) is 25.3 Å². The van der Waals surface area contributed by atoms with Crippen molar-refractivity contribution >= 4 is 23.7 Å². The molecule has 3 fully saturated rings. The standard InChI is InChI=1S/C28H39N3O2/c1-3-10-21-17-20(18-22-11-9-16-30(2)26(21)22)19-25-27(32)31(24-14-5-4-6-15-24)28(33-25)29-23-12-7-8-13-23/h17-19,23-24H,3-16H2,1-2H3/b25-19+,29-28+. The molecule has 0 unspecified atom stereocenters. The van der Waals surface area contributed by atoms with Gasteiger partial charge in [-0.25, -0.2) is 4.99 Å². The van der Waals surface area contributed by atoms with Crippen LogP contribution in [0.2, 0.25) is 0 Å². The van der Waals surface area contributed by atoms with Gasteiger partial charge in [-0.2, -0.15) is 0 Å². The number of amidine groups is 1. The number of aliphatic imine (C=N–C) groups is 1. The van der Waals surface area contributed by atoms with Crippen LogP contribution in [0.4, 0.5) is 5.69 Å². The maximum Gasteiger partial charge on any atom is 0.300 e. The number of ether oxygens (including phenoxy) is 1. The van der Waals surface area contributed by atoms with Gasteiger partial charge in [-0.05, 0) is 79.8 Å². The number of fused-ring (bicyclic) bond motifs is 1. The molecule has 0 radical (unpaired) electrons. The van der Waals surface area contributed by atoms with Crippen molar-refractivity contribution in [2.75, 3.05) is 18.5 Å². The minimum absolute atomic E-state index is 0.00512. The highest BCUT2D eigenvalue weighted by molar-refractivity contribution is 6.11. The highest BCUT2D eigenvalue weighted by atomic mass is 16.5. The molecule has 5 heteroatoms. The van der Waals surface area contributed by atoms with Gasteiger partial charge in [0.15, 0.2) is 5.76 Å². The summed E-state index contributed by atoms with van der Waals surface area (Å²) in [6.45, 7) is 3.35. The first-order valence-corrected chi connectivity index (χ1v) is 13.3. The molecule has 1 aromatic rings. The number of amides is 1. The molecule has 2 heterocycles. The third kappa shape index (κ3) is 4.69. The zero-order chi connectivity index (χ0) is 22.8. The molecule has 2 aliphatic heterocycles. The van der Waals surface area contributed by atoms with E-state index in [1.807, 2.05) is 11.0 Å². The highest BCUT2D eigenvalue weighted by Crippen LogP contribution is 2.35. The number of nitrogens with zero attached hydrogens (tertiary/aromatic N) is 3. The number of carbonyl (C=O) groups is 1. The summed E-state index contributed by atoms with van der Waals surface area (Å²) in [5.41, 5.74) is 5.27. The lowest BCUT2D eigenvalue weighted by Gasteiger charge is -2.30. The summed E-state index contributed by atoms with van der Waals surface area (Å²) in [6.07, 6.45) is 16.8. The van der Waals surface area contributed by atoms with Gasteiger partial charge in [0.25, 0.3) is 5.91 Å². The molecule has 4 aliphatic rings. The van der Waals surface area contributed by atoms with Crippen LogP contribution in [0, 0.1) is 0 Å². The molecule has 2 aliphatic carbocycles. The first kappa shape index (κ1) is 22.5. The fourth-order valence-corrected chi connectivity index (χ4v) is 6.21. The van der Waals surface area contributed by atoms with Crippen molar-refractivity contribution in [1.29, 1.82) is 0 Å². The predicted octanol–water partition coefficient (Wildman–Crippen LogP) is 5.85. The molecular weight excluding hydrogens is 410 g/mol. The molecule has 1 saturated heterocycles. The average molecular weight is 450 g/mol. The first-order chi connectivity index (χ1) is 16.1. The Bertz CT molecular complexity index is 939. The van der Waals surface area contributed by atoms with Gasteiger partial charge in [-0.3, -0.25) is 9.69 Å². The third-order valence-corrected chi connectivity index (χ3v) is 7.82. The maximum absolute atomic E-state index is 13.6. The van der Waals surface area contributed by atoms with Crippen LogP contribution in [0.25, 0.3) is 6.08 Å². The van der Waals surface area contributed by atoms with E-state index in [1.165, 1.54) is 55.3 Å². The molecule has 33 heavy (non-hydrogen) atoms. The molecule has 1 amide bonds. The van der Waals surface area contributed by atoms with E-state index in [1.54, 1.807) is 0 Å². The van der Waals surface area contributed by atoms with Crippen molar-refractivity contribution in [2.24, 2.45) is 4.99 Å². The lowest BCUT2D eigenvalue weighted by Crippen LogP contribution is -2.41. The van der Waals surface area contributed by atoms with E-state index in [-0.39, 0.29) is 11.9 Å². The molecule has 0 aromatic heterocycles. The van der Waals surface area contributed by atoms with Gasteiger partial charge in [0.05, 0.1) is 6.04 Å². The Morgan fingerprint density at radius 1 is 1.06 bits per heavy atom. The number of anilines is 1. The fraction of sp³-hybridized carbons (Fsp3) is 0.643. The van der Waals surface area contributed by atoms with Gasteiger partial charge in [0.1, 0.15) is 0 Å². The lowest BCUT2D eigenvalue weighted by atomic mass is 9.93. The number of aryl methyl sites for hydroxylation is 2. The van der Waals surface area contributed by atoms with Crippen molar-refractivity contribution in [3.8, 4) is 0 Å². The van der Waals surface area contributed by atoms with E-state index in [0.29, 0.717) is 17.8 Å². The third-order valence-electron chi connectivity index (χ3n) is 7.82. The Labute approximate surface area is 198 Å². The van der Waals surface area contributed by atoms with Crippen LogP contribution in [0.3, 0.4) is 0 Å². The van der Waals surface area contributed by atoms with Gasteiger partial charge in [0.2, 0.25) is 0 Å². The van der Waals surface area contributed by atoms with Crippen molar-refractivity contribution in [3.05, 3.63) is 34.6 Å². The molecule has 5 rings (SSSR count). The number of carbonyl (C=O) groups excluding carboxylic acids is 1. The summed E-state index contributed by atoms with van der Waals surface area (Å²) in [7, 11) is 2.20. The first-order valence-electron chi connectivity index (χ1n) is 13.3. The molecular formula is C28H39N3O2. The predicted molar refractivity (Wildman–Crippen MR) is 134 cm³/mol. The average Bonchev–Trinajstić information content (AvgIpc) is 3.43. The van der Waals surface area contributed by atoms with Crippen LogP contribution in [0.5, 0.6) is 0 Å². The molecule has 178 valence electrons. The van der Waals surface area contributed by atoms with E-state index < -0.39 is 0 Å². The van der Waals surface area contributed by atoms with Gasteiger partial charge in [-0.1, -0.05) is 45.4 Å². The number of benzene rings is 1. The van der Waals surface area contributed by atoms with Gasteiger partial charge < -0.3 is 9.64 Å². The van der Waals surface area contributed by atoms with Crippen molar-refractivity contribution in [2.45, 2.75) is 102 Å². The Kier molecular flexibility index (Phi) is 6.75. The van der Waals surface area contributed by atoms with Crippen LogP contribution in [0.15, 0.2) is 22.9 Å². The van der Waals surface area contributed by atoms with E-state index in [0.717, 1.165) is 57.1 Å². The quantitative estimate of drug-likeness (QED) is 0.530. The molecule has 5 nitrogen and oxygen atoms in total. The lowest BCUT2D eigenvalue weighted by molar-refractivity contribution is -0.124. The van der Waals surface area contributed by atoms with E-state index in [2.05, 4.69) is 31.0 Å². The van der Waals surface area contributed by atoms with Crippen LogP contribution < -0.4 is 4.90 Å². The molecule has 0 N–H and O–H groups in total. The summed E-state index contributed by atoms with van der Waals surface area (Å²) in [5.74, 6) is 0.453. The van der Waals surface area contributed by atoms with Crippen LogP contribution >= 0.6 is 0 Å². The monoisotopic (exact) mass is 449 g/mol. The summed E-state index contributed by atoms with van der Waals surface area (Å²) in [4.78, 5) is 22.8. The largest absolute Gasteiger partial charge is 0.420 e. The summed E-state index contributed by atoms with van der Waals surface area (Å²) >= 11 is 0. The van der Waals surface area contributed by atoms with Crippen LogP contribution in [0.1, 0.15) is 94.2 Å². The number of hydrogen-bond acceptors (Lipinski definition) is 4. The number of hydrogen-bond donors (Lipinski definition) is 0. The summed E-state index contributed by atoms with van der Waals surface area (Å²) in [5, 5.41) is 0. The van der Waals surface area contributed by atoms with Crippen molar-refractivity contribution in [3.63, 3.8) is 0 Å². The zero-order valence-electron chi connectivity index (χ0n) is 20.4. The highest BCUT2D eigenvalue weighted by Gasteiger charge is 2.40. The van der Waals surface area contributed by atoms with E-state index >= 15 is 0 Å². The summed E-state index contributed by atoms with van der Waals surface area (Å²) in [6, 6.07) is 5.63.